The minimum absolute atomic E-state index is 0.0103. The maximum absolute atomic E-state index is 10.1. The zero-order chi connectivity index (χ0) is 10.4. The minimum atomic E-state index is -0.303. The van der Waals surface area contributed by atoms with Gasteiger partial charge in [0, 0.05) is 18.5 Å². The molecule has 0 saturated carbocycles. The molecule has 0 amide bonds. The number of benzene rings is 1. The Morgan fingerprint density at radius 3 is 2.36 bits per heavy atom. The normalized spacial score (nSPS) is 10.1. The van der Waals surface area contributed by atoms with Gasteiger partial charge in [0.25, 0.3) is 0 Å². The topological polar surface area (TPSA) is 52.4 Å². The molecular weight excluding hydrogens is 182 g/mol. The zero-order valence-electron chi connectivity index (χ0n) is 8.10. The second kappa shape index (κ2) is 5.34. The maximum atomic E-state index is 10.1. The van der Waals surface area contributed by atoms with Gasteiger partial charge >= 0.3 is 0 Å². The Hall–Kier alpha value is -1.42. The second-order valence-electron chi connectivity index (χ2n) is 3.06. The molecule has 0 unspecified atom stereocenters. The number of ether oxygens (including phenoxy) is 1. The van der Waals surface area contributed by atoms with Crippen LogP contribution in [0.5, 0.6) is 0 Å². The molecule has 0 aliphatic rings. The fraction of sp³-hybridized carbons (Fsp3) is 0.400. The van der Waals surface area contributed by atoms with Gasteiger partial charge in [-0.3, -0.25) is 10.1 Å². The Morgan fingerprint density at radius 1 is 1.29 bits per heavy atom. The molecule has 4 heteroatoms. The van der Waals surface area contributed by atoms with Gasteiger partial charge < -0.3 is 4.74 Å². The molecule has 0 fully saturated rings. The van der Waals surface area contributed by atoms with E-state index in [9.17, 15) is 10.1 Å². The van der Waals surface area contributed by atoms with E-state index in [1.807, 2.05) is 24.3 Å². The largest absolute Gasteiger partial charge is 0.380 e. The Morgan fingerprint density at radius 2 is 1.86 bits per heavy atom. The monoisotopic (exact) mass is 195 g/mol. The predicted molar refractivity (Wildman–Crippen MR) is 52.7 cm³/mol. The van der Waals surface area contributed by atoms with Crippen molar-refractivity contribution in [2.24, 2.45) is 0 Å². The summed E-state index contributed by atoms with van der Waals surface area (Å²) < 4.78 is 4.96. The lowest BCUT2D eigenvalue weighted by atomic mass is 10.1. The smallest absolute Gasteiger partial charge is 0.207 e. The van der Waals surface area contributed by atoms with Gasteiger partial charge in [-0.2, -0.15) is 0 Å². The van der Waals surface area contributed by atoms with Crippen LogP contribution in [0.25, 0.3) is 0 Å². The molecule has 1 aromatic carbocycles. The molecule has 76 valence electrons. The lowest BCUT2D eigenvalue weighted by Crippen LogP contribution is -2.03. The number of hydrogen-bond acceptors (Lipinski definition) is 3. The average Bonchev–Trinajstić information content (AvgIpc) is 2.17. The van der Waals surface area contributed by atoms with Crippen molar-refractivity contribution in [3.8, 4) is 0 Å². The van der Waals surface area contributed by atoms with E-state index in [1.54, 1.807) is 7.11 Å². The van der Waals surface area contributed by atoms with Gasteiger partial charge in [-0.15, -0.1) is 0 Å². The third-order valence-electron chi connectivity index (χ3n) is 1.92. The van der Waals surface area contributed by atoms with Crippen LogP contribution in [0.4, 0.5) is 0 Å². The highest BCUT2D eigenvalue weighted by molar-refractivity contribution is 5.22. The summed E-state index contributed by atoms with van der Waals surface area (Å²) in [5, 5.41) is 10.1. The first-order valence-electron chi connectivity index (χ1n) is 4.41. The van der Waals surface area contributed by atoms with Crippen LogP contribution >= 0.6 is 0 Å². The Labute approximate surface area is 82.7 Å². The summed E-state index contributed by atoms with van der Waals surface area (Å²) in [6.45, 7) is 0.569. The van der Waals surface area contributed by atoms with Crippen LogP contribution in [0.15, 0.2) is 24.3 Å². The molecule has 0 aliphatic carbocycles. The number of nitro groups is 1. The molecule has 0 aromatic heterocycles. The molecule has 0 atom stereocenters. The highest BCUT2D eigenvalue weighted by Gasteiger charge is 1.99. The molecule has 0 spiro atoms. The second-order valence-corrected chi connectivity index (χ2v) is 3.06. The van der Waals surface area contributed by atoms with E-state index in [1.165, 1.54) is 0 Å². The third kappa shape index (κ3) is 3.53. The van der Waals surface area contributed by atoms with E-state index in [4.69, 9.17) is 4.74 Å². The van der Waals surface area contributed by atoms with Crippen LogP contribution < -0.4 is 0 Å². The lowest BCUT2D eigenvalue weighted by molar-refractivity contribution is -0.479. The summed E-state index contributed by atoms with van der Waals surface area (Å²) in [6, 6.07) is 7.66. The van der Waals surface area contributed by atoms with E-state index in [2.05, 4.69) is 0 Å². The van der Waals surface area contributed by atoms with Crippen LogP contribution in [-0.4, -0.2) is 18.6 Å². The van der Waals surface area contributed by atoms with E-state index >= 15 is 0 Å². The Kier molecular flexibility index (Phi) is 4.07. The van der Waals surface area contributed by atoms with Gasteiger partial charge in [-0.05, 0) is 11.1 Å². The van der Waals surface area contributed by atoms with Gasteiger partial charge in [0.2, 0.25) is 6.54 Å². The van der Waals surface area contributed by atoms with E-state index in [-0.39, 0.29) is 11.5 Å². The van der Waals surface area contributed by atoms with Gasteiger partial charge in [0.05, 0.1) is 6.61 Å². The van der Waals surface area contributed by atoms with Crippen molar-refractivity contribution in [3.05, 3.63) is 45.5 Å². The van der Waals surface area contributed by atoms with E-state index in [0.717, 1.165) is 11.1 Å². The Bertz CT molecular complexity index is 295. The average molecular weight is 195 g/mol. The molecule has 0 saturated heterocycles. The number of hydrogen-bond donors (Lipinski definition) is 0. The van der Waals surface area contributed by atoms with Crippen LogP contribution in [0.3, 0.4) is 0 Å². The molecule has 0 bridgehead atoms. The fourth-order valence-electron chi connectivity index (χ4n) is 1.19. The summed E-state index contributed by atoms with van der Waals surface area (Å²) >= 11 is 0. The van der Waals surface area contributed by atoms with Crippen molar-refractivity contribution in [2.75, 3.05) is 13.7 Å². The van der Waals surface area contributed by atoms with Crippen molar-refractivity contribution in [1.82, 2.24) is 0 Å². The molecular formula is C10H13NO3. The molecule has 1 aromatic rings. The predicted octanol–water partition coefficient (Wildman–Crippen LogP) is 1.65. The van der Waals surface area contributed by atoms with Crippen molar-refractivity contribution >= 4 is 0 Å². The first-order chi connectivity index (χ1) is 6.72. The highest BCUT2D eigenvalue weighted by Crippen LogP contribution is 2.06. The first kappa shape index (κ1) is 10.7. The van der Waals surface area contributed by atoms with Crippen molar-refractivity contribution < 1.29 is 9.66 Å². The van der Waals surface area contributed by atoms with Gasteiger partial charge in [0.15, 0.2) is 0 Å². The maximum Gasteiger partial charge on any atom is 0.207 e. The summed E-state index contributed by atoms with van der Waals surface area (Å²) in [7, 11) is 1.64. The van der Waals surface area contributed by atoms with Gasteiger partial charge in [-0.25, -0.2) is 0 Å². The third-order valence-corrected chi connectivity index (χ3v) is 1.92. The molecule has 0 heterocycles. The first-order valence-corrected chi connectivity index (χ1v) is 4.41. The van der Waals surface area contributed by atoms with Gasteiger partial charge in [-0.1, -0.05) is 24.3 Å². The molecule has 0 N–H and O–H groups in total. The number of methoxy groups -OCH3 is 1. The quantitative estimate of drug-likeness (QED) is 0.530. The minimum Gasteiger partial charge on any atom is -0.380 e. The number of rotatable bonds is 5. The van der Waals surface area contributed by atoms with Crippen LogP contribution in [0.2, 0.25) is 0 Å². The van der Waals surface area contributed by atoms with Crippen LogP contribution in [0, 0.1) is 10.1 Å². The van der Waals surface area contributed by atoms with Crippen molar-refractivity contribution in [3.63, 3.8) is 0 Å². The van der Waals surface area contributed by atoms with E-state index < -0.39 is 0 Å². The highest BCUT2D eigenvalue weighted by atomic mass is 16.6. The lowest BCUT2D eigenvalue weighted by Gasteiger charge is -2.01. The molecule has 0 aliphatic heterocycles. The molecule has 1 rings (SSSR count). The van der Waals surface area contributed by atoms with Crippen molar-refractivity contribution in [1.29, 1.82) is 0 Å². The summed E-state index contributed by atoms with van der Waals surface area (Å²) in [4.78, 5) is 9.83. The number of nitrogens with zero attached hydrogens (tertiary/aromatic N) is 1. The zero-order valence-corrected chi connectivity index (χ0v) is 8.10. The Balaban J connectivity index is 2.50. The summed E-state index contributed by atoms with van der Waals surface area (Å²) in [5.41, 5.74) is 2.07. The molecule has 14 heavy (non-hydrogen) atoms. The summed E-state index contributed by atoms with van der Waals surface area (Å²) in [5.74, 6) is 0. The van der Waals surface area contributed by atoms with E-state index in [0.29, 0.717) is 13.0 Å². The molecule has 0 radical (unpaired) electrons. The van der Waals surface area contributed by atoms with Crippen LogP contribution in [0.1, 0.15) is 11.1 Å². The molecule has 4 nitrogen and oxygen atoms in total. The van der Waals surface area contributed by atoms with Gasteiger partial charge in [0.1, 0.15) is 0 Å². The summed E-state index contributed by atoms with van der Waals surface area (Å²) in [6.07, 6.45) is 0.486. The van der Waals surface area contributed by atoms with Crippen LogP contribution in [-0.2, 0) is 17.8 Å². The fourth-order valence-corrected chi connectivity index (χ4v) is 1.19. The van der Waals surface area contributed by atoms with Crippen molar-refractivity contribution in [2.45, 2.75) is 13.0 Å². The standard InChI is InChI=1S/C10H13NO3/c1-14-8-10-4-2-9(3-5-10)6-7-11(12)13/h2-5H,6-8H2,1H3. The SMILES string of the molecule is COCc1ccc(CC[N+](=O)[O-])cc1.